The van der Waals surface area contributed by atoms with E-state index in [2.05, 4.69) is 10.3 Å². The fourth-order valence-electron chi connectivity index (χ4n) is 2.07. The number of nitrogens with one attached hydrogen (secondary N) is 1. The van der Waals surface area contributed by atoms with Crippen molar-refractivity contribution in [2.24, 2.45) is 4.99 Å². The van der Waals surface area contributed by atoms with Gasteiger partial charge in [-0.1, -0.05) is 48.5 Å². The van der Waals surface area contributed by atoms with E-state index in [9.17, 15) is 4.79 Å². The zero-order valence-electron chi connectivity index (χ0n) is 11.7. The number of guanidine groups is 1. The molecule has 104 valence electrons. The van der Waals surface area contributed by atoms with Crippen molar-refractivity contribution in [3.05, 3.63) is 71.9 Å². The third-order valence-corrected chi connectivity index (χ3v) is 3.20. The predicted molar refractivity (Wildman–Crippen MR) is 84.7 cm³/mol. The zero-order valence-corrected chi connectivity index (χ0v) is 11.7. The van der Waals surface area contributed by atoms with Crippen LogP contribution in [-0.4, -0.2) is 23.8 Å². The quantitative estimate of drug-likeness (QED) is 0.858. The van der Waals surface area contributed by atoms with Gasteiger partial charge in [-0.3, -0.25) is 9.69 Å². The highest BCUT2D eigenvalue weighted by Gasteiger charge is 2.26. The Balaban J connectivity index is 1.87. The molecule has 21 heavy (non-hydrogen) atoms. The average molecular weight is 277 g/mol. The Kier molecular flexibility index (Phi) is 3.51. The van der Waals surface area contributed by atoms with E-state index in [0.717, 1.165) is 11.3 Å². The van der Waals surface area contributed by atoms with Crippen molar-refractivity contribution in [1.29, 1.82) is 0 Å². The van der Waals surface area contributed by atoms with Gasteiger partial charge in [-0.2, -0.15) is 0 Å². The highest BCUT2D eigenvalue weighted by Crippen LogP contribution is 2.18. The Morgan fingerprint density at radius 3 is 2.29 bits per heavy atom. The normalized spacial score (nSPS) is 16.2. The van der Waals surface area contributed by atoms with E-state index >= 15 is 0 Å². The van der Waals surface area contributed by atoms with Gasteiger partial charge in [-0.05, 0) is 23.8 Å². The van der Waals surface area contributed by atoms with E-state index in [4.69, 9.17) is 0 Å². The number of benzene rings is 2. The van der Waals surface area contributed by atoms with Crippen LogP contribution in [0.5, 0.6) is 0 Å². The fraction of sp³-hybridized carbons (Fsp3) is 0.0588. The number of nitrogens with zero attached hydrogens (tertiary/aromatic N) is 2. The van der Waals surface area contributed by atoms with Gasteiger partial charge in [0.1, 0.15) is 5.70 Å². The summed E-state index contributed by atoms with van der Waals surface area (Å²) >= 11 is 0. The lowest BCUT2D eigenvalue weighted by Gasteiger charge is -2.13. The molecule has 0 radical (unpaired) electrons. The first-order chi connectivity index (χ1) is 10.2. The number of hydrogen-bond donors (Lipinski definition) is 1. The van der Waals surface area contributed by atoms with Crippen molar-refractivity contribution < 1.29 is 4.79 Å². The lowest BCUT2D eigenvalue weighted by atomic mass is 10.2. The summed E-state index contributed by atoms with van der Waals surface area (Å²) in [5.41, 5.74) is 2.29. The lowest BCUT2D eigenvalue weighted by molar-refractivity contribution is -0.121. The third-order valence-electron chi connectivity index (χ3n) is 3.20. The number of amides is 1. The van der Waals surface area contributed by atoms with Gasteiger partial charge in [-0.25, -0.2) is 4.99 Å². The maximum absolute atomic E-state index is 12.2. The first-order valence-corrected chi connectivity index (χ1v) is 6.69. The molecule has 0 atom stereocenters. The highest BCUT2D eigenvalue weighted by atomic mass is 16.2. The van der Waals surface area contributed by atoms with Crippen LogP contribution in [-0.2, 0) is 4.79 Å². The van der Waals surface area contributed by atoms with E-state index < -0.39 is 0 Å². The van der Waals surface area contributed by atoms with Gasteiger partial charge in [-0.15, -0.1) is 0 Å². The summed E-state index contributed by atoms with van der Waals surface area (Å²) in [4.78, 5) is 18.1. The Morgan fingerprint density at radius 1 is 1.00 bits per heavy atom. The van der Waals surface area contributed by atoms with E-state index in [0.29, 0.717) is 11.7 Å². The minimum absolute atomic E-state index is 0.114. The monoisotopic (exact) mass is 277 g/mol. The maximum Gasteiger partial charge on any atom is 0.279 e. The van der Waals surface area contributed by atoms with Crippen LogP contribution in [0.25, 0.3) is 6.08 Å². The molecule has 0 unspecified atom stereocenters. The van der Waals surface area contributed by atoms with Gasteiger partial charge in [0.15, 0.2) is 0 Å². The van der Waals surface area contributed by atoms with Gasteiger partial charge in [0.2, 0.25) is 5.96 Å². The van der Waals surface area contributed by atoms with E-state index in [1.165, 1.54) is 4.90 Å². The minimum Gasteiger partial charge on any atom is -0.326 e. The standard InChI is InChI=1S/C17H15N3O/c1-20-16(21)15(12-13-8-4-2-5-9-13)19-17(20)18-14-10-6-3-7-11-14/h2-12H,1H3,(H,18,19)/b15-12-. The molecule has 2 aromatic carbocycles. The Hall–Kier alpha value is -2.88. The number of anilines is 1. The van der Waals surface area contributed by atoms with E-state index in [-0.39, 0.29) is 5.91 Å². The summed E-state index contributed by atoms with van der Waals surface area (Å²) in [6, 6.07) is 19.4. The first-order valence-electron chi connectivity index (χ1n) is 6.69. The van der Waals surface area contributed by atoms with Crippen LogP contribution in [0.2, 0.25) is 0 Å². The number of carbonyl (C=O) groups is 1. The molecule has 0 aliphatic carbocycles. The Bertz CT molecular complexity index is 705. The van der Waals surface area contributed by atoms with Crippen molar-refractivity contribution in [2.45, 2.75) is 0 Å². The second kappa shape index (κ2) is 5.63. The zero-order chi connectivity index (χ0) is 14.7. The number of rotatable bonds is 2. The van der Waals surface area contributed by atoms with Gasteiger partial charge < -0.3 is 5.32 Å². The molecule has 1 aliphatic rings. The summed E-state index contributed by atoms with van der Waals surface area (Å²) in [7, 11) is 1.71. The number of carbonyl (C=O) groups excluding carboxylic acids is 1. The largest absolute Gasteiger partial charge is 0.326 e. The summed E-state index contributed by atoms with van der Waals surface area (Å²) in [5, 5.41) is 3.15. The van der Waals surface area contributed by atoms with Crippen LogP contribution in [0.4, 0.5) is 5.69 Å². The molecule has 0 fully saturated rings. The Labute approximate surface area is 123 Å². The minimum atomic E-state index is -0.114. The second-order valence-electron chi connectivity index (χ2n) is 4.73. The topological polar surface area (TPSA) is 44.7 Å². The van der Waals surface area contributed by atoms with Gasteiger partial charge >= 0.3 is 0 Å². The molecule has 0 saturated heterocycles. The molecule has 0 bridgehead atoms. The molecule has 0 aromatic heterocycles. The molecule has 4 nitrogen and oxygen atoms in total. The van der Waals surface area contributed by atoms with Gasteiger partial charge in [0.05, 0.1) is 0 Å². The van der Waals surface area contributed by atoms with Crippen LogP contribution in [0.3, 0.4) is 0 Å². The molecule has 0 saturated carbocycles. The fourth-order valence-corrected chi connectivity index (χ4v) is 2.07. The molecular formula is C17H15N3O. The lowest BCUT2D eigenvalue weighted by Crippen LogP contribution is -2.32. The maximum atomic E-state index is 12.2. The average Bonchev–Trinajstić information content (AvgIpc) is 2.78. The molecule has 1 amide bonds. The van der Waals surface area contributed by atoms with Crippen molar-refractivity contribution in [1.82, 2.24) is 4.90 Å². The van der Waals surface area contributed by atoms with Gasteiger partial charge in [0, 0.05) is 12.7 Å². The molecular weight excluding hydrogens is 262 g/mol. The van der Waals surface area contributed by atoms with Crippen LogP contribution >= 0.6 is 0 Å². The van der Waals surface area contributed by atoms with Gasteiger partial charge in [0.25, 0.3) is 5.91 Å². The number of para-hydroxylation sites is 1. The molecule has 1 N–H and O–H groups in total. The SMILES string of the molecule is CN1C(=O)/C(=C/c2ccccc2)N=C1Nc1ccccc1. The number of hydrogen-bond acceptors (Lipinski definition) is 3. The highest BCUT2D eigenvalue weighted by molar-refractivity contribution is 6.17. The van der Waals surface area contributed by atoms with Crippen molar-refractivity contribution >= 4 is 23.6 Å². The van der Waals surface area contributed by atoms with Crippen LogP contribution in [0.15, 0.2) is 71.4 Å². The molecule has 1 heterocycles. The van der Waals surface area contributed by atoms with E-state index in [1.54, 1.807) is 13.1 Å². The summed E-state index contributed by atoms with van der Waals surface area (Å²) in [6.45, 7) is 0. The second-order valence-corrected chi connectivity index (χ2v) is 4.73. The summed E-state index contributed by atoms with van der Waals surface area (Å²) < 4.78 is 0. The molecule has 0 spiro atoms. The van der Waals surface area contributed by atoms with Crippen LogP contribution < -0.4 is 5.32 Å². The molecule has 4 heteroatoms. The van der Waals surface area contributed by atoms with Crippen molar-refractivity contribution in [3.8, 4) is 0 Å². The molecule has 2 aromatic rings. The van der Waals surface area contributed by atoms with E-state index in [1.807, 2.05) is 60.7 Å². The summed E-state index contributed by atoms with van der Waals surface area (Å²) in [5.74, 6) is 0.422. The molecule has 1 aliphatic heterocycles. The van der Waals surface area contributed by atoms with Crippen LogP contribution in [0, 0.1) is 0 Å². The predicted octanol–water partition coefficient (Wildman–Crippen LogP) is 2.97. The molecule has 3 rings (SSSR count). The Morgan fingerprint density at radius 2 is 1.62 bits per heavy atom. The number of aliphatic imine (C=N–C) groups is 1. The number of likely N-dealkylation sites (N-methyl/N-ethyl adjacent to an activating group) is 1. The van der Waals surface area contributed by atoms with Crippen molar-refractivity contribution in [3.63, 3.8) is 0 Å². The summed E-state index contributed by atoms with van der Waals surface area (Å²) in [6.07, 6.45) is 1.79. The van der Waals surface area contributed by atoms with Crippen LogP contribution in [0.1, 0.15) is 5.56 Å². The van der Waals surface area contributed by atoms with Crippen molar-refractivity contribution in [2.75, 3.05) is 12.4 Å². The third kappa shape index (κ3) is 2.84. The smallest absolute Gasteiger partial charge is 0.279 e. The first kappa shape index (κ1) is 13.1.